The summed E-state index contributed by atoms with van der Waals surface area (Å²) in [5.41, 5.74) is 2.55. The zero-order chi connectivity index (χ0) is 23.2. The molecule has 4 rings (SSSR count). The van der Waals surface area contributed by atoms with Crippen molar-refractivity contribution in [3.05, 3.63) is 113 Å². The number of hydrogen-bond acceptors (Lipinski definition) is 2. The van der Waals surface area contributed by atoms with Gasteiger partial charge in [-0.3, -0.25) is 9.59 Å². The van der Waals surface area contributed by atoms with Gasteiger partial charge in [0.2, 0.25) is 11.8 Å². The Morgan fingerprint density at radius 1 is 0.818 bits per heavy atom. The Morgan fingerprint density at radius 2 is 1.55 bits per heavy atom. The highest BCUT2D eigenvalue weighted by atomic mass is 35.5. The molecule has 1 N–H and O–H groups in total. The fourth-order valence-corrected chi connectivity index (χ4v) is 4.06. The van der Waals surface area contributed by atoms with E-state index in [1.807, 2.05) is 78.9 Å². The maximum atomic E-state index is 13.4. The molecule has 4 nitrogen and oxygen atoms in total. The molecule has 0 aromatic heterocycles. The van der Waals surface area contributed by atoms with Crippen LogP contribution in [0.3, 0.4) is 0 Å². The molecule has 0 fully saturated rings. The van der Waals surface area contributed by atoms with Crippen molar-refractivity contribution < 1.29 is 9.59 Å². The smallest absolute Gasteiger partial charge is 0.249 e. The van der Waals surface area contributed by atoms with Gasteiger partial charge in [-0.2, -0.15) is 0 Å². The second-order valence-electron chi connectivity index (χ2n) is 8.05. The SMILES string of the molecule is CN(C(=O)[C@H](Cc1ccccc1)NC(=O)Cc1ccc2ccccc2c1)c1cccc(Cl)c1. The predicted molar refractivity (Wildman–Crippen MR) is 135 cm³/mol. The number of amides is 2. The van der Waals surface area contributed by atoms with Crippen molar-refractivity contribution in [2.75, 3.05) is 11.9 Å². The quantitative estimate of drug-likeness (QED) is 0.403. The third kappa shape index (κ3) is 5.79. The van der Waals surface area contributed by atoms with Gasteiger partial charge in [-0.1, -0.05) is 90.5 Å². The number of carbonyl (C=O) groups is 2. The summed E-state index contributed by atoms with van der Waals surface area (Å²) < 4.78 is 0. The highest BCUT2D eigenvalue weighted by Gasteiger charge is 2.25. The molecule has 4 aromatic rings. The summed E-state index contributed by atoms with van der Waals surface area (Å²) in [6.07, 6.45) is 0.596. The minimum atomic E-state index is -0.704. The van der Waals surface area contributed by atoms with Gasteiger partial charge in [0.1, 0.15) is 6.04 Å². The molecule has 33 heavy (non-hydrogen) atoms. The van der Waals surface area contributed by atoms with E-state index in [1.54, 1.807) is 25.2 Å². The van der Waals surface area contributed by atoms with Crippen LogP contribution >= 0.6 is 11.6 Å². The van der Waals surface area contributed by atoms with Crippen LogP contribution in [0, 0.1) is 0 Å². The minimum Gasteiger partial charge on any atom is -0.344 e. The van der Waals surface area contributed by atoms with Crippen molar-refractivity contribution in [1.29, 1.82) is 0 Å². The number of nitrogens with one attached hydrogen (secondary N) is 1. The summed E-state index contributed by atoms with van der Waals surface area (Å²) in [7, 11) is 1.70. The molecule has 0 saturated carbocycles. The van der Waals surface area contributed by atoms with E-state index >= 15 is 0 Å². The molecular formula is C28H25ClN2O2. The molecule has 166 valence electrons. The summed E-state index contributed by atoms with van der Waals surface area (Å²) in [5, 5.41) is 5.72. The Morgan fingerprint density at radius 3 is 2.30 bits per heavy atom. The largest absolute Gasteiger partial charge is 0.344 e. The van der Waals surface area contributed by atoms with Crippen molar-refractivity contribution in [2.45, 2.75) is 18.9 Å². The lowest BCUT2D eigenvalue weighted by Crippen LogP contribution is -2.49. The molecule has 0 bridgehead atoms. The maximum absolute atomic E-state index is 13.4. The van der Waals surface area contributed by atoms with E-state index in [2.05, 4.69) is 5.32 Å². The zero-order valence-corrected chi connectivity index (χ0v) is 19.1. The van der Waals surface area contributed by atoms with Crippen LogP contribution in [-0.4, -0.2) is 24.9 Å². The molecular weight excluding hydrogens is 432 g/mol. The number of benzene rings is 4. The summed E-state index contributed by atoms with van der Waals surface area (Å²) in [6, 6.07) is 30.1. The first kappa shape index (κ1) is 22.6. The second kappa shape index (κ2) is 10.3. The van der Waals surface area contributed by atoms with Crippen molar-refractivity contribution in [3.8, 4) is 0 Å². The normalized spacial score (nSPS) is 11.7. The highest BCUT2D eigenvalue weighted by molar-refractivity contribution is 6.30. The van der Waals surface area contributed by atoms with Crippen molar-refractivity contribution in [2.24, 2.45) is 0 Å². The van der Waals surface area contributed by atoms with Crippen molar-refractivity contribution in [3.63, 3.8) is 0 Å². The molecule has 4 aromatic carbocycles. The lowest BCUT2D eigenvalue weighted by molar-refractivity contribution is -0.127. The van der Waals surface area contributed by atoms with Gasteiger partial charge in [0.25, 0.3) is 0 Å². The number of hydrogen-bond donors (Lipinski definition) is 1. The Labute approximate surface area is 198 Å². The summed E-state index contributed by atoms with van der Waals surface area (Å²) >= 11 is 6.11. The van der Waals surface area contributed by atoms with Crippen LogP contribution in [0.4, 0.5) is 5.69 Å². The molecule has 5 heteroatoms. The Bertz CT molecular complexity index is 1270. The first-order chi connectivity index (χ1) is 16.0. The maximum Gasteiger partial charge on any atom is 0.249 e. The summed E-state index contributed by atoms with van der Waals surface area (Å²) in [6.45, 7) is 0. The molecule has 0 radical (unpaired) electrons. The molecule has 0 unspecified atom stereocenters. The third-order valence-corrected chi connectivity index (χ3v) is 5.86. The van der Waals surface area contributed by atoms with Crippen LogP contribution in [0.2, 0.25) is 5.02 Å². The van der Waals surface area contributed by atoms with Crippen LogP contribution < -0.4 is 10.2 Å². The van der Waals surface area contributed by atoms with Gasteiger partial charge >= 0.3 is 0 Å². The Kier molecular flexibility index (Phi) is 7.06. The van der Waals surface area contributed by atoms with Crippen molar-refractivity contribution in [1.82, 2.24) is 5.32 Å². The van der Waals surface area contributed by atoms with Gasteiger partial charge in [-0.15, -0.1) is 0 Å². The van der Waals surface area contributed by atoms with E-state index in [0.29, 0.717) is 17.1 Å². The highest BCUT2D eigenvalue weighted by Crippen LogP contribution is 2.20. The number of carbonyl (C=O) groups excluding carboxylic acids is 2. The zero-order valence-electron chi connectivity index (χ0n) is 18.4. The molecule has 2 amide bonds. The average Bonchev–Trinajstić information content (AvgIpc) is 2.83. The van der Waals surface area contributed by atoms with Crippen LogP contribution in [0.1, 0.15) is 11.1 Å². The number of halogens is 1. The molecule has 0 aliphatic carbocycles. The molecule has 0 heterocycles. The van der Waals surface area contributed by atoms with E-state index in [0.717, 1.165) is 21.9 Å². The minimum absolute atomic E-state index is 0.195. The average molecular weight is 457 g/mol. The lowest BCUT2D eigenvalue weighted by Gasteiger charge is -2.25. The topological polar surface area (TPSA) is 49.4 Å². The molecule has 0 spiro atoms. The van der Waals surface area contributed by atoms with Crippen molar-refractivity contribution >= 4 is 39.9 Å². The molecule has 1 atom stereocenters. The predicted octanol–water partition coefficient (Wildman–Crippen LogP) is 5.43. The van der Waals surface area contributed by atoms with Crippen LogP contribution in [0.15, 0.2) is 97.1 Å². The second-order valence-corrected chi connectivity index (χ2v) is 8.48. The number of nitrogens with zero attached hydrogens (tertiary/aromatic N) is 1. The van der Waals surface area contributed by atoms with Gasteiger partial charge in [-0.05, 0) is 40.1 Å². The van der Waals surface area contributed by atoms with E-state index in [9.17, 15) is 9.59 Å². The lowest BCUT2D eigenvalue weighted by atomic mass is 10.0. The number of fused-ring (bicyclic) bond motifs is 1. The monoisotopic (exact) mass is 456 g/mol. The number of anilines is 1. The standard InChI is InChI=1S/C28H25ClN2O2/c1-31(25-13-7-12-24(29)19-25)28(33)26(17-20-8-3-2-4-9-20)30-27(32)18-21-14-15-22-10-5-6-11-23(22)16-21/h2-16,19,26H,17-18H2,1H3,(H,30,32)/t26-/m0/s1. The van der Waals surface area contributed by atoms with Crippen LogP contribution in [0.5, 0.6) is 0 Å². The summed E-state index contributed by atoms with van der Waals surface area (Å²) in [4.78, 5) is 27.9. The molecule has 0 aliphatic rings. The number of likely N-dealkylation sites (N-methyl/N-ethyl adjacent to an activating group) is 1. The Balaban J connectivity index is 1.53. The fraction of sp³-hybridized carbons (Fsp3) is 0.143. The number of rotatable bonds is 7. The van der Waals surface area contributed by atoms with E-state index in [1.165, 1.54) is 4.90 Å². The van der Waals surface area contributed by atoms with E-state index in [-0.39, 0.29) is 18.2 Å². The van der Waals surface area contributed by atoms with E-state index in [4.69, 9.17) is 11.6 Å². The molecule has 0 aliphatic heterocycles. The Hall–Kier alpha value is -3.63. The first-order valence-electron chi connectivity index (χ1n) is 10.8. The van der Waals surface area contributed by atoms with Crippen LogP contribution in [0.25, 0.3) is 10.8 Å². The third-order valence-electron chi connectivity index (χ3n) is 5.62. The van der Waals surface area contributed by atoms with Gasteiger partial charge in [0.05, 0.1) is 6.42 Å². The molecule has 0 saturated heterocycles. The summed E-state index contributed by atoms with van der Waals surface area (Å²) in [5.74, 6) is -0.396. The van der Waals surface area contributed by atoms with Gasteiger partial charge in [0, 0.05) is 24.2 Å². The first-order valence-corrected chi connectivity index (χ1v) is 11.2. The van der Waals surface area contributed by atoms with Gasteiger partial charge in [0.15, 0.2) is 0 Å². The van der Waals surface area contributed by atoms with Crippen LogP contribution in [-0.2, 0) is 22.4 Å². The van der Waals surface area contributed by atoms with Gasteiger partial charge in [-0.25, -0.2) is 0 Å². The fourth-order valence-electron chi connectivity index (χ4n) is 3.88. The van der Waals surface area contributed by atoms with E-state index < -0.39 is 6.04 Å². The van der Waals surface area contributed by atoms with Gasteiger partial charge < -0.3 is 10.2 Å².